The molecule has 3 aromatic rings. The molecular formula is C23H22F2N4OS. The molecule has 0 saturated carbocycles. The van der Waals surface area contributed by atoms with Crippen molar-refractivity contribution in [1.82, 2.24) is 14.5 Å². The van der Waals surface area contributed by atoms with Gasteiger partial charge in [-0.05, 0) is 85.8 Å². The standard InChI is InChI=1S/C23H22F2N4OS/c1-15-21(31-27-26-15)22(30)29-14-23(19-12-18(25)6-7-20(19)29)8-10-28(11-9-23)13-16-2-4-17(24)5-3-16/h2-7,12H,8-11,13-14H2,1H3. The number of fused-ring (bicyclic) bond motifs is 2. The maximum Gasteiger partial charge on any atom is 0.271 e. The molecule has 0 atom stereocenters. The molecular weight excluding hydrogens is 418 g/mol. The number of amides is 1. The number of hydrogen-bond acceptors (Lipinski definition) is 5. The van der Waals surface area contributed by atoms with Crippen LogP contribution in [0.4, 0.5) is 14.5 Å². The average molecular weight is 441 g/mol. The van der Waals surface area contributed by atoms with Gasteiger partial charge in [-0.3, -0.25) is 9.69 Å². The summed E-state index contributed by atoms with van der Waals surface area (Å²) in [5.41, 5.74) is 3.12. The maximum absolute atomic E-state index is 14.2. The number of anilines is 1. The molecule has 1 fully saturated rings. The Morgan fingerprint density at radius 3 is 2.48 bits per heavy atom. The van der Waals surface area contributed by atoms with Gasteiger partial charge in [0, 0.05) is 24.2 Å². The summed E-state index contributed by atoms with van der Waals surface area (Å²) in [5.74, 6) is -0.634. The van der Waals surface area contributed by atoms with Crippen LogP contribution in [0.25, 0.3) is 0 Å². The van der Waals surface area contributed by atoms with Gasteiger partial charge in [0.15, 0.2) is 0 Å². The fraction of sp³-hybridized carbons (Fsp3) is 0.348. The fourth-order valence-corrected chi connectivity index (χ4v) is 5.39. The lowest BCUT2D eigenvalue weighted by molar-refractivity contribution is 0.0978. The van der Waals surface area contributed by atoms with Gasteiger partial charge in [0.2, 0.25) is 0 Å². The maximum atomic E-state index is 14.2. The number of piperidine rings is 1. The summed E-state index contributed by atoms with van der Waals surface area (Å²) in [6.45, 7) is 4.72. The second kappa shape index (κ2) is 7.76. The Morgan fingerprint density at radius 1 is 1.10 bits per heavy atom. The minimum Gasteiger partial charge on any atom is -0.306 e. The Morgan fingerprint density at radius 2 is 1.81 bits per heavy atom. The Bertz CT molecular complexity index is 1120. The molecule has 8 heteroatoms. The lowest BCUT2D eigenvalue weighted by Gasteiger charge is -2.40. The minimum absolute atomic E-state index is 0.119. The van der Waals surface area contributed by atoms with Gasteiger partial charge in [0.05, 0.1) is 5.69 Å². The van der Waals surface area contributed by atoms with E-state index in [1.807, 2.05) is 12.1 Å². The van der Waals surface area contributed by atoms with Crippen LogP contribution in [0.2, 0.25) is 0 Å². The number of hydrogen-bond donors (Lipinski definition) is 0. The number of likely N-dealkylation sites (tertiary alicyclic amines) is 1. The van der Waals surface area contributed by atoms with Crippen LogP contribution >= 0.6 is 11.5 Å². The van der Waals surface area contributed by atoms with E-state index in [1.165, 1.54) is 18.2 Å². The molecule has 1 saturated heterocycles. The highest BCUT2D eigenvalue weighted by atomic mass is 32.1. The summed E-state index contributed by atoms with van der Waals surface area (Å²) in [6.07, 6.45) is 1.66. The molecule has 0 unspecified atom stereocenters. The van der Waals surface area contributed by atoms with Gasteiger partial charge in [-0.25, -0.2) is 8.78 Å². The van der Waals surface area contributed by atoms with Crippen molar-refractivity contribution in [2.24, 2.45) is 0 Å². The number of nitrogens with zero attached hydrogens (tertiary/aromatic N) is 4. The predicted octanol–water partition coefficient (Wildman–Crippen LogP) is 4.32. The number of aromatic nitrogens is 2. The molecule has 1 aromatic heterocycles. The molecule has 2 aliphatic rings. The topological polar surface area (TPSA) is 49.3 Å². The van der Waals surface area contributed by atoms with Crippen LogP contribution in [0.3, 0.4) is 0 Å². The number of carbonyl (C=O) groups is 1. The molecule has 31 heavy (non-hydrogen) atoms. The third-order valence-electron chi connectivity index (χ3n) is 6.51. The number of aryl methyl sites for hydroxylation is 1. The third kappa shape index (κ3) is 3.64. The molecule has 5 nitrogen and oxygen atoms in total. The monoisotopic (exact) mass is 440 g/mol. The molecule has 0 bridgehead atoms. The molecule has 160 valence electrons. The molecule has 0 N–H and O–H groups in total. The van der Waals surface area contributed by atoms with Crippen molar-refractivity contribution < 1.29 is 13.6 Å². The van der Waals surface area contributed by atoms with E-state index in [2.05, 4.69) is 14.5 Å². The highest BCUT2D eigenvalue weighted by Crippen LogP contribution is 2.48. The van der Waals surface area contributed by atoms with E-state index in [-0.39, 0.29) is 23.0 Å². The average Bonchev–Trinajstić information content (AvgIpc) is 3.33. The lowest BCUT2D eigenvalue weighted by Crippen LogP contribution is -2.45. The van der Waals surface area contributed by atoms with E-state index >= 15 is 0 Å². The minimum atomic E-state index is -0.281. The molecule has 0 radical (unpaired) electrons. The molecule has 5 rings (SSSR count). The summed E-state index contributed by atoms with van der Waals surface area (Å²) in [5, 5.41) is 3.97. The van der Waals surface area contributed by atoms with Gasteiger partial charge in [0.25, 0.3) is 5.91 Å². The Kier molecular flexibility index (Phi) is 5.06. The van der Waals surface area contributed by atoms with E-state index in [1.54, 1.807) is 24.0 Å². The van der Waals surface area contributed by atoms with Crippen LogP contribution in [-0.2, 0) is 12.0 Å². The summed E-state index contributed by atoms with van der Waals surface area (Å²) < 4.78 is 31.3. The first-order valence-electron chi connectivity index (χ1n) is 10.3. The zero-order chi connectivity index (χ0) is 21.6. The molecule has 1 spiro atoms. The highest BCUT2D eigenvalue weighted by Gasteiger charge is 2.47. The van der Waals surface area contributed by atoms with Crippen LogP contribution in [-0.4, -0.2) is 40.0 Å². The van der Waals surface area contributed by atoms with Gasteiger partial charge >= 0.3 is 0 Å². The zero-order valence-electron chi connectivity index (χ0n) is 17.1. The van der Waals surface area contributed by atoms with E-state index in [0.717, 1.165) is 60.8 Å². The van der Waals surface area contributed by atoms with E-state index in [4.69, 9.17) is 0 Å². The van der Waals surface area contributed by atoms with E-state index < -0.39 is 0 Å². The Hall–Kier alpha value is -2.71. The number of halogens is 2. The van der Waals surface area contributed by atoms with Gasteiger partial charge in [-0.2, -0.15) is 0 Å². The fourth-order valence-electron chi connectivity index (χ4n) is 4.79. The summed E-state index contributed by atoms with van der Waals surface area (Å²) >= 11 is 1.10. The van der Waals surface area contributed by atoms with Crippen LogP contribution in [0, 0.1) is 18.6 Å². The first kappa shape index (κ1) is 20.2. The van der Waals surface area contributed by atoms with Crippen molar-refractivity contribution >= 4 is 23.1 Å². The van der Waals surface area contributed by atoms with Crippen LogP contribution in [0.5, 0.6) is 0 Å². The Balaban J connectivity index is 1.38. The van der Waals surface area contributed by atoms with Crippen molar-refractivity contribution in [2.45, 2.75) is 31.7 Å². The largest absolute Gasteiger partial charge is 0.306 e. The second-order valence-corrected chi connectivity index (χ2v) is 9.18. The first-order valence-corrected chi connectivity index (χ1v) is 11.1. The van der Waals surface area contributed by atoms with Gasteiger partial charge in [0.1, 0.15) is 16.5 Å². The lowest BCUT2D eigenvalue weighted by atomic mass is 9.74. The Labute approximate surface area is 183 Å². The van der Waals surface area contributed by atoms with E-state index in [0.29, 0.717) is 17.1 Å². The van der Waals surface area contributed by atoms with Crippen LogP contribution < -0.4 is 4.90 Å². The van der Waals surface area contributed by atoms with Crippen molar-refractivity contribution in [1.29, 1.82) is 0 Å². The zero-order valence-corrected chi connectivity index (χ0v) is 18.0. The normalized spacial score (nSPS) is 17.8. The SMILES string of the molecule is Cc1nnsc1C(=O)N1CC2(CCN(Cc3ccc(F)cc3)CC2)c2cc(F)ccc21. The summed E-state index contributed by atoms with van der Waals surface area (Å²) in [4.78, 5) is 17.9. The van der Waals surface area contributed by atoms with Crippen LogP contribution in [0.15, 0.2) is 42.5 Å². The van der Waals surface area contributed by atoms with Crippen molar-refractivity contribution in [3.8, 4) is 0 Å². The van der Waals surface area contributed by atoms with Crippen molar-refractivity contribution in [2.75, 3.05) is 24.5 Å². The predicted molar refractivity (Wildman–Crippen MR) is 115 cm³/mol. The number of benzene rings is 2. The summed E-state index contributed by atoms with van der Waals surface area (Å²) in [6, 6.07) is 11.3. The van der Waals surface area contributed by atoms with Crippen molar-refractivity contribution in [3.05, 3.63) is 75.8 Å². The first-order chi connectivity index (χ1) is 14.9. The van der Waals surface area contributed by atoms with Crippen LogP contribution in [0.1, 0.15) is 39.3 Å². The molecule has 2 aromatic carbocycles. The molecule has 0 aliphatic carbocycles. The highest BCUT2D eigenvalue weighted by molar-refractivity contribution is 7.08. The van der Waals surface area contributed by atoms with Crippen molar-refractivity contribution in [3.63, 3.8) is 0 Å². The quantitative estimate of drug-likeness (QED) is 0.609. The van der Waals surface area contributed by atoms with Gasteiger partial charge < -0.3 is 4.90 Å². The molecule has 3 heterocycles. The molecule has 1 amide bonds. The van der Waals surface area contributed by atoms with Gasteiger partial charge in [-0.1, -0.05) is 16.6 Å². The third-order valence-corrected chi connectivity index (χ3v) is 7.32. The van der Waals surface area contributed by atoms with Gasteiger partial charge in [-0.15, -0.1) is 5.10 Å². The number of carbonyl (C=O) groups excluding carboxylic acids is 1. The van der Waals surface area contributed by atoms with E-state index in [9.17, 15) is 13.6 Å². The molecule has 2 aliphatic heterocycles. The number of rotatable bonds is 3. The summed E-state index contributed by atoms with van der Waals surface area (Å²) in [7, 11) is 0. The smallest absolute Gasteiger partial charge is 0.271 e. The second-order valence-electron chi connectivity index (χ2n) is 8.42.